The van der Waals surface area contributed by atoms with Crippen LogP contribution < -0.4 is 5.56 Å². The van der Waals surface area contributed by atoms with Crippen LogP contribution in [0.4, 0.5) is 0 Å². The second kappa shape index (κ2) is 5.77. The van der Waals surface area contributed by atoms with Gasteiger partial charge in [-0.1, -0.05) is 0 Å². The Morgan fingerprint density at radius 3 is 3.08 bits per heavy atom. The van der Waals surface area contributed by atoms with Gasteiger partial charge in [-0.3, -0.25) is 4.79 Å². The molecule has 0 saturated heterocycles. The molecule has 1 heterocycles. The summed E-state index contributed by atoms with van der Waals surface area (Å²) in [5.41, 5.74) is -0.100. The summed E-state index contributed by atoms with van der Waals surface area (Å²) in [6, 6.07) is 3.10. The highest BCUT2D eigenvalue weighted by Crippen LogP contribution is 1.81. The van der Waals surface area contributed by atoms with Crippen LogP contribution in [0.1, 0.15) is 0 Å². The number of hydrogen-bond acceptors (Lipinski definition) is 4. The molecular formula is C8H12N2O2S. The maximum atomic E-state index is 11.1. The maximum absolute atomic E-state index is 11.1. The third-order valence-corrected chi connectivity index (χ3v) is 1.65. The molecule has 0 saturated carbocycles. The summed E-state index contributed by atoms with van der Waals surface area (Å²) in [5, 5.41) is 3.88. The standard InChI is InChI=1S/C8H12N2O2S/c11-8-2-1-3-9-10(8)4-5-12-6-7-13/h1-3,13H,4-7H2. The zero-order valence-corrected chi connectivity index (χ0v) is 8.11. The van der Waals surface area contributed by atoms with E-state index in [1.807, 2.05) is 0 Å². The monoisotopic (exact) mass is 200 g/mol. The normalized spacial score (nSPS) is 10.2. The Kier molecular flexibility index (Phi) is 4.56. The molecular weight excluding hydrogens is 188 g/mol. The van der Waals surface area contributed by atoms with Crippen LogP contribution in [0, 0.1) is 0 Å². The van der Waals surface area contributed by atoms with Gasteiger partial charge in [0.05, 0.1) is 19.8 Å². The highest BCUT2D eigenvalue weighted by atomic mass is 32.1. The topological polar surface area (TPSA) is 44.1 Å². The summed E-state index contributed by atoms with van der Waals surface area (Å²) in [6.07, 6.45) is 1.58. The molecule has 0 spiro atoms. The number of nitrogens with zero attached hydrogens (tertiary/aromatic N) is 2. The van der Waals surface area contributed by atoms with Crippen molar-refractivity contribution in [3.05, 3.63) is 28.7 Å². The van der Waals surface area contributed by atoms with E-state index in [4.69, 9.17) is 4.74 Å². The van der Waals surface area contributed by atoms with E-state index >= 15 is 0 Å². The van der Waals surface area contributed by atoms with Crippen molar-refractivity contribution >= 4 is 12.6 Å². The lowest BCUT2D eigenvalue weighted by molar-refractivity contribution is 0.137. The van der Waals surface area contributed by atoms with Crippen molar-refractivity contribution in [3.63, 3.8) is 0 Å². The number of aromatic nitrogens is 2. The molecule has 0 atom stereocenters. The molecule has 5 heteroatoms. The zero-order chi connectivity index (χ0) is 9.52. The molecule has 0 bridgehead atoms. The van der Waals surface area contributed by atoms with Gasteiger partial charge in [0.15, 0.2) is 0 Å². The predicted molar refractivity (Wildman–Crippen MR) is 53.2 cm³/mol. The van der Waals surface area contributed by atoms with Gasteiger partial charge in [0.2, 0.25) is 0 Å². The lowest BCUT2D eigenvalue weighted by Gasteiger charge is -2.03. The van der Waals surface area contributed by atoms with Crippen LogP contribution in [0.5, 0.6) is 0 Å². The van der Waals surface area contributed by atoms with E-state index in [0.717, 1.165) is 0 Å². The van der Waals surface area contributed by atoms with Gasteiger partial charge < -0.3 is 4.74 Å². The highest BCUT2D eigenvalue weighted by Gasteiger charge is 1.94. The predicted octanol–water partition coefficient (Wildman–Crippen LogP) is 0.190. The van der Waals surface area contributed by atoms with Crippen LogP contribution in [0.25, 0.3) is 0 Å². The molecule has 0 aromatic carbocycles. The fourth-order valence-corrected chi connectivity index (χ4v) is 1.00. The van der Waals surface area contributed by atoms with E-state index in [0.29, 0.717) is 25.5 Å². The van der Waals surface area contributed by atoms with Gasteiger partial charge in [-0.25, -0.2) is 4.68 Å². The van der Waals surface area contributed by atoms with Crippen LogP contribution >= 0.6 is 12.6 Å². The fourth-order valence-electron chi connectivity index (χ4n) is 0.873. The van der Waals surface area contributed by atoms with E-state index in [1.165, 1.54) is 10.7 Å². The van der Waals surface area contributed by atoms with Gasteiger partial charge >= 0.3 is 0 Å². The van der Waals surface area contributed by atoms with E-state index in [1.54, 1.807) is 12.3 Å². The molecule has 0 N–H and O–H groups in total. The van der Waals surface area contributed by atoms with Gasteiger partial charge in [0.25, 0.3) is 5.56 Å². The average molecular weight is 200 g/mol. The van der Waals surface area contributed by atoms with Gasteiger partial charge in [0.1, 0.15) is 0 Å². The van der Waals surface area contributed by atoms with Crippen LogP contribution in [-0.2, 0) is 11.3 Å². The molecule has 1 rings (SSSR count). The largest absolute Gasteiger partial charge is 0.379 e. The number of rotatable bonds is 5. The van der Waals surface area contributed by atoms with Crippen LogP contribution in [-0.4, -0.2) is 28.7 Å². The Morgan fingerprint density at radius 2 is 2.38 bits per heavy atom. The molecule has 1 aromatic heterocycles. The second-order valence-corrected chi connectivity index (χ2v) is 2.87. The SMILES string of the molecule is O=c1cccnn1CCOCCS. The number of ether oxygens (including phenoxy) is 1. The van der Waals surface area contributed by atoms with E-state index in [2.05, 4.69) is 17.7 Å². The Hall–Kier alpha value is -0.810. The van der Waals surface area contributed by atoms with E-state index in [-0.39, 0.29) is 5.56 Å². The molecule has 13 heavy (non-hydrogen) atoms. The van der Waals surface area contributed by atoms with Gasteiger partial charge in [-0.2, -0.15) is 17.7 Å². The molecule has 1 aromatic rings. The summed E-state index contributed by atoms with van der Waals surface area (Å²) in [4.78, 5) is 11.1. The van der Waals surface area contributed by atoms with Crippen LogP contribution in [0.3, 0.4) is 0 Å². The van der Waals surface area contributed by atoms with Crippen molar-refractivity contribution < 1.29 is 4.74 Å². The van der Waals surface area contributed by atoms with Crippen molar-refractivity contribution in [3.8, 4) is 0 Å². The molecule has 0 aliphatic carbocycles. The van der Waals surface area contributed by atoms with E-state index in [9.17, 15) is 4.79 Å². The molecule has 0 aliphatic heterocycles. The van der Waals surface area contributed by atoms with E-state index < -0.39 is 0 Å². The summed E-state index contributed by atoms with van der Waals surface area (Å²) >= 11 is 3.99. The van der Waals surface area contributed by atoms with Crippen molar-refractivity contribution in [1.29, 1.82) is 0 Å². The van der Waals surface area contributed by atoms with Gasteiger partial charge in [0, 0.05) is 18.0 Å². The molecule has 0 radical (unpaired) electrons. The highest BCUT2D eigenvalue weighted by molar-refractivity contribution is 7.80. The number of hydrogen-bond donors (Lipinski definition) is 1. The van der Waals surface area contributed by atoms with Gasteiger partial charge in [-0.05, 0) is 6.07 Å². The van der Waals surface area contributed by atoms with Crippen molar-refractivity contribution in [2.75, 3.05) is 19.0 Å². The molecule has 0 unspecified atom stereocenters. The minimum absolute atomic E-state index is 0.100. The lowest BCUT2D eigenvalue weighted by Crippen LogP contribution is -2.23. The smallest absolute Gasteiger partial charge is 0.266 e. The Balaban J connectivity index is 2.37. The first-order chi connectivity index (χ1) is 6.34. The third kappa shape index (κ3) is 3.61. The first-order valence-electron chi connectivity index (χ1n) is 4.05. The maximum Gasteiger partial charge on any atom is 0.266 e. The summed E-state index contributed by atoms with van der Waals surface area (Å²) in [6.45, 7) is 1.59. The summed E-state index contributed by atoms with van der Waals surface area (Å²) in [7, 11) is 0. The summed E-state index contributed by atoms with van der Waals surface area (Å²) in [5.74, 6) is 0.692. The van der Waals surface area contributed by atoms with Gasteiger partial charge in [-0.15, -0.1) is 0 Å². The minimum Gasteiger partial charge on any atom is -0.379 e. The van der Waals surface area contributed by atoms with Crippen molar-refractivity contribution in [2.45, 2.75) is 6.54 Å². The Labute approximate surface area is 81.9 Å². The quantitative estimate of drug-likeness (QED) is 0.545. The van der Waals surface area contributed by atoms with Crippen LogP contribution in [0.15, 0.2) is 23.1 Å². The first kappa shape index (κ1) is 10.3. The minimum atomic E-state index is -0.100. The molecule has 0 amide bonds. The molecule has 4 nitrogen and oxygen atoms in total. The fraction of sp³-hybridized carbons (Fsp3) is 0.500. The third-order valence-electron chi connectivity index (χ3n) is 1.47. The van der Waals surface area contributed by atoms with Crippen molar-refractivity contribution in [1.82, 2.24) is 9.78 Å². The second-order valence-electron chi connectivity index (χ2n) is 2.42. The average Bonchev–Trinajstić information content (AvgIpc) is 2.15. The molecule has 72 valence electrons. The lowest BCUT2D eigenvalue weighted by atomic mass is 10.5. The first-order valence-corrected chi connectivity index (χ1v) is 4.68. The molecule has 0 aliphatic rings. The van der Waals surface area contributed by atoms with Crippen molar-refractivity contribution in [2.24, 2.45) is 0 Å². The zero-order valence-electron chi connectivity index (χ0n) is 7.22. The Bertz CT molecular complexity index is 300. The number of thiol groups is 1. The summed E-state index contributed by atoms with van der Waals surface area (Å²) < 4.78 is 6.54. The molecule has 0 fully saturated rings. The Morgan fingerprint density at radius 1 is 1.54 bits per heavy atom. The van der Waals surface area contributed by atoms with Crippen LogP contribution in [0.2, 0.25) is 0 Å².